The second kappa shape index (κ2) is 10.4. The van der Waals surface area contributed by atoms with Crippen LogP contribution in [0.15, 0.2) is 24.3 Å². The van der Waals surface area contributed by atoms with Gasteiger partial charge in [0.2, 0.25) is 0 Å². The van der Waals surface area contributed by atoms with E-state index in [0.29, 0.717) is 5.56 Å². The van der Waals surface area contributed by atoms with Crippen LogP contribution < -0.4 is 4.74 Å². The van der Waals surface area contributed by atoms with Crippen molar-refractivity contribution in [3.05, 3.63) is 29.8 Å². The van der Waals surface area contributed by atoms with Crippen LogP contribution in [0.3, 0.4) is 0 Å². The van der Waals surface area contributed by atoms with Gasteiger partial charge in [0.15, 0.2) is 0 Å². The van der Waals surface area contributed by atoms with Crippen LogP contribution in [-0.4, -0.2) is 19.2 Å². The lowest BCUT2D eigenvalue weighted by Gasteiger charge is -2.28. The smallest absolute Gasteiger partial charge is 0.338 e. The molecular formula is C21H32O3. The Morgan fingerprint density at radius 2 is 1.67 bits per heavy atom. The fraction of sp³-hybridized carbons (Fsp3) is 0.667. The van der Waals surface area contributed by atoms with Crippen molar-refractivity contribution < 1.29 is 14.3 Å². The summed E-state index contributed by atoms with van der Waals surface area (Å²) >= 11 is 0. The van der Waals surface area contributed by atoms with Crippen LogP contribution in [0.5, 0.6) is 5.75 Å². The molecule has 0 spiro atoms. The van der Waals surface area contributed by atoms with E-state index >= 15 is 0 Å². The molecule has 3 nitrogen and oxygen atoms in total. The second-order valence-electron chi connectivity index (χ2n) is 6.98. The standard InChI is InChI=1S/C21H32O3/c1-3-4-5-6-7-8-17-9-13-20(14-10-17)24-21(22)18-11-15-19(23-2)16-12-18/h11-12,15-17,20H,3-10,13-14H2,1-2H3/t17-,20-. The quantitative estimate of drug-likeness (QED) is 0.425. The van der Waals surface area contributed by atoms with Crippen LogP contribution in [0.2, 0.25) is 0 Å². The molecule has 0 heterocycles. The highest BCUT2D eigenvalue weighted by molar-refractivity contribution is 5.89. The summed E-state index contributed by atoms with van der Waals surface area (Å²) in [5, 5.41) is 0. The Bertz CT molecular complexity index is 472. The number of hydrogen-bond acceptors (Lipinski definition) is 3. The molecule has 134 valence electrons. The third kappa shape index (κ3) is 6.18. The molecule has 0 aromatic heterocycles. The van der Waals surface area contributed by atoms with Crippen LogP contribution >= 0.6 is 0 Å². The first-order valence-corrected chi connectivity index (χ1v) is 9.58. The summed E-state index contributed by atoms with van der Waals surface area (Å²) in [5.41, 5.74) is 0.605. The molecule has 0 aliphatic heterocycles. The lowest BCUT2D eigenvalue weighted by atomic mass is 9.84. The van der Waals surface area contributed by atoms with E-state index in [1.807, 2.05) is 0 Å². The van der Waals surface area contributed by atoms with Crippen molar-refractivity contribution in [1.29, 1.82) is 0 Å². The lowest BCUT2D eigenvalue weighted by molar-refractivity contribution is 0.0161. The summed E-state index contributed by atoms with van der Waals surface area (Å²) in [5.74, 6) is 1.38. The number of benzene rings is 1. The summed E-state index contributed by atoms with van der Waals surface area (Å²) in [4.78, 5) is 12.2. The van der Waals surface area contributed by atoms with Gasteiger partial charge < -0.3 is 9.47 Å². The van der Waals surface area contributed by atoms with Crippen LogP contribution in [0, 0.1) is 5.92 Å². The van der Waals surface area contributed by atoms with E-state index in [4.69, 9.17) is 9.47 Å². The molecule has 1 fully saturated rings. The molecule has 1 aliphatic rings. The average Bonchev–Trinajstić information content (AvgIpc) is 2.63. The maximum atomic E-state index is 12.2. The Hall–Kier alpha value is -1.51. The van der Waals surface area contributed by atoms with Crippen LogP contribution in [0.4, 0.5) is 0 Å². The number of carbonyl (C=O) groups is 1. The highest BCUT2D eigenvalue weighted by Crippen LogP contribution is 2.30. The first-order chi connectivity index (χ1) is 11.7. The van der Waals surface area contributed by atoms with Gasteiger partial charge in [-0.1, -0.05) is 45.4 Å². The van der Waals surface area contributed by atoms with Gasteiger partial charge in [-0.15, -0.1) is 0 Å². The van der Waals surface area contributed by atoms with E-state index in [0.717, 1.165) is 24.5 Å². The summed E-state index contributed by atoms with van der Waals surface area (Å²) in [6.45, 7) is 2.26. The normalized spacial score (nSPS) is 20.6. The van der Waals surface area contributed by atoms with Crippen molar-refractivity contribution in [2.45, 2.75) is 77.2 Å². The molecule has 0 unspecified atom stereocenters. The number of ether oxygens (including phenoxy) is 2. The number of rotatable bonds is 9. The number of unbranched alkanes of at least 4 members (excludes halogenated alkanes) is 4. The zero-order valence-electron chi connectivity index (χ0n) is 15.3. The van der Waals surface area contributed by atoms with E-state index in [1.54, 1.807) is 31.4 Å². The third-order valence-corrected chi connectivity index (χ3v) is 5.11. The largest absolute Gasteiger partial charge is 0.497 e. The minimum absolute atomic E-state index is 0.0935. The Kier molecular flexibility index (Phi) is 8.14. The van der Waals surface area contributed by atoms with Crippen LogP contribution in [0.25, 0.3) is 0 Å². The van der Waals surface area contributed by atoms with Gasteiger partial charge in [0.25, 0.3) is 0 Å². The molecule has 24 heavy (non-hydrogen) atoms. The third-order valence-electron chi connectivity index (χ3n) is 5.11. The van der Waals surface area contributed by atoms with Gasteiger partial charge in [-0.3, -0.25) is 0 Å². The zero-order valence-corrected chi connectivity index (χ0v) is 15.3. The topological polar surface area (TPSA) is 35.5 Å². The fourth-order valence-corrected chi connectivity index (χ4v) is 3.52. The van der Waals surface area contributed by atoms with Crippen LogP contribution in [-0.2, 0) is 4.74 Å². The number of methoxy groups -OCH3 is 1. The van der Waals surface area contributed by atoms with E-state index in [9.17, 15) is 4.79 Å². The van der Waals surface area contributed by atoms with Gasteiger partial charge in [0.1, 0.15) is 11.9 Å². The van der Waals surface area contributed by atoms with Crippen molar-refractivity contribution in [3.8, 4) is 5.75 Å². The Morgan fingerprint density at radius 3 is 2.29 bits per heavy atom. The van der Waals surface area contributed by atoms with Gasteiger partial charge in [-0.05, 0) is 55.9 Å². The van der Waals surface area contributed by atoms with E-state index in [2.05, 4.69) is 6.92 Å². The number of esters is 1. The van der Waals surface area contributed by atoms with Gasteiger partial charge >= 0.3 is 5.97 Å². The molecule has 0 radical (unpaired) electrons. The van der Waals surface area contributed by atoms with Gasteiger partial charge in [0.05, 0.1) is 12.7 Å². The monoisotopic (exact) mass is 332 g/mol. The van der Waals surface area contributed by atoms with Crippen molar-refractivity contribution >= 4 is 5.97 Å². The summed E-state index contributed by atoms with van der Waals surface area (Å²) < 4.78 is 10.8. The summed E-state index contributed by atoms with van der Waals surface area (Å²) in [6.07, 6.45) is 12.7. The summed E-state index contributed by atoms with van der Waals surface area (Å²) in [6, 6.07) is 7.13. The van der Waals surface area contributed by atoms with Crippen LogP contribution in [0.1, 0.15) is 81.5 Å². The van der Waals surface area contributed by atoms with Crippen molar-refractivity contribution in [2.24, 2.45) is 5.92 Å². The number of hydrogen-bond donors (Lipinski definition) is 0. The minimum atomic E-state index is -0.208. The molecule has 1 aliphatic carbocycles. The highest BCUT2D eigenvalue weighted by Gasteiger charge is 2.24. The summed E-state index contributed by atoms with van der Waals surface area (Å²) in [7, 11) is 1.62. The van der Waals surface area contributed by atoms with Gasteiger partial charge in [-0.25, -0.2) is 4.79 Å². The molecule has 0 amide bonds. The molecule has 0 atom stereocenters. The molecular weight excluding hydrogens is 300 g/mol. The molecule has 1 aromatic rings. The first-order valence-electron chi connectivity index (χ1n) is 9.58. The van der Waals surface area contributed by atoms with Crippen molar-refractivity contribution in [1.82, 2.24) is 0 Å². The maximum Gasteiger partial charge on any atom is 0.338 e. The van der Waals surface area contributed by atoms with E-state index in [1.165, 1.54) is 51.4 Å². The number of carbonyl (C=O) groups excluding carboxylic acids is 1. The zero-order chi connectivity index (χ0) is 17.2. The predicted molar refractivity (Wildman–Crippen MR) is 97.5 cm³/mol. The molecule has 1 saturated carbocycles. The maximum absolute atomic E-state index is 12.2. The first kappa shape index (κ1) is 18.8. The van der Waals surface area contributed by atoms with Gasteiger partial charge in [0, 0.05) is 0 Å². The Morgan fingerprint density at radius 1 is 1.00 bits per heavy atom. The minimum Gasteiger partial charge on any atom is -0.497 e. The average molecular weight is 332 g/mol. The molecule has 0 saturated heterocycles. The second-order valence-corrected chi connectivity index (χ2v) is 6.98. The van der Waals surface area contributed by atoms with Crippen molar-refractivity contribution in [3.63, 3.8) is 0 Å². The molecule has 0 N–H and O–H groups in total. The molecule has 0 bridgehead atoms. The Labute approximate surface area is 146 Å². The predicted octanol–water partition coefficient (Wildman–Crippen LogP) is 5.77. The SMILES string of the molecule is CCCCCCC[C@H]1CC[C@H](OC(=O)c2ccc(OC)cc2)CC1. The van der Waals surface area contributed by atoms with E-state index in [-0.39, 0.29) is 12.1 Å². The lowest BCUT2D eigenvalue weighted by Crippen LogP contribution is -2.24. The highest BCUT2D eigenvalue weighted by atomic mass is 16.5. The Balaban J connectivity index is 1.65. The molecule has 2 rings (SSSR count). The fourth-order valence-electron chi connectivity index (χ4n) is 3.52. The van der Waals surface area contributed by atoms with Gasteiger partial charge in [-0.2, -0.15) is 0 Å². The van der Waals surface area contributed by atoms with Crippen molar-refractivity contribution in [2.75, 3.05) is 7.11 Å². The van der Waals surface area contributed by atoms with E-state index < -0.39 is 0 Å². The molecule has 3 heteroatoms. The molecule has 1 aromatic carbocycles.